The zero-order chi connectivity index (χ0) is 25.2. The summed E-state index contributed by atoms with van der Waals surface area (Å²) in [7, 11) is 0. The van der Waals surface area contributed by atoms with E-state index in [0.29, 0.717) is 12.8 Å². The highest BCUT2D eigenvalue weighted by Gasteiger charge is 2.51. The average Bonchev–Trinajstić information content (AvgIpc) is 3.43. The van der Waals surface area contributed by atoms with Crippen molar-refractivity contribution in [2.75, 3.05) is 10.0 Å². The summed E-state index contributed by atoms with van der Waals surface area (Å²) in [5.41, 5.74) is 5.10. The summed E-state index contributed by atoms with van der Waals surface area (Å²) < 4.78 is 0. The molecule has 182 valence electrons. The summed E-state index contributed by atoms with van der Waals surface area (Å²) in [6, 6.07) is 27.1. The molecule has 0 saturated carbocycles. The van der Waals surface area contributed by atoms with E-state index in [-0.39, 0.29) is 11.8 Å². The van der Waals surface area contributed by atoms with Gasteiger partial charge in [0, 0.05) is 5.92 Å². The number of rotatable bonds is 7. The van der Waals surface area contributed by atoms with Crippen molar-refractivity contribution in [3.8, 4) is 0 Å². The van der Waals surface area contributed by atoms with Crippen molar-refractivity contribution in [2.45, 2.75) is 39.5 Å². The first-order valence-corrected chi connectivity index (χ1v) is 12.5. The van der Waals surface area contributed by atoms with Gasteiger partial charge in [0.15, 0.2) is 0 Å². The van der Waals surface area contributed by atoms with E-state index in [0.717, 1.165) is 33.9 Å². The van der Waals surface area contributed by atoms with Crippen LogP contribution in [-0.2, 0) is 9.59 Å². The molecule has 3 aromatic rings. The molecule has 0 fully saturated rings. The minimum atomic E-state index is -0.556. The summed E-state index contributed by atoms with van der Waals surface area (Å²) in [6.45, 7) is 6.06. The maximum Gasteiger partial charge on any atom is 0.256 e. The van der Waals surface area contributed by atoms with Crippen molar-refractivity contribution in [1.29, 1.82) is 0 Å². The summed E-state index contributed by atoms with van der Waals surface area (Å²) >= 11 is 0. The van der Waals surface area contributed by atoms with E-state index in [1.54, 1.807) is 0 Å². The smallest absolute Gasteiger partial charge is 0.256 e. The van der Waals surface area contributed by atoms with Crippen LogP contribution < -0.4 is 10.0 Å². The largest absolute Gasteiger partial charge is 0.272 e. The Labute approximate surface area is 211 Å². The van der Waals surface area contributed by atoms with Crippen molar-refractivity contribution in [1.82, 2.24) is 0 Å². The van der Waals surface area contributed by atoms with Gasteiger partial charge < -0.3 is 0 Å². The Morgan fingerprint density at radius 3 is 1.47 bits per heavy atom. The fraction of sp³-hybridized carbons (Fsp3) is 0.267. The van der Waals surface area contributed by atoms with Crippen LogP contribution in [0.15, 0.2) is 95.1 Å². The Kier molecular flexibility index (Phi) is 6.51. The van der Waals surface area contributed by atoms with Gasteiger partial charge in [-0.15, -0.1) is 0 Å². The third kappa shape index (κ3) is 4.13. The summed E-state index contributed by atoms with van der Waals surface area (Å²) in [5, 5.41) is 12.5. The van der Waals surface area contributed by atoms with Crippen LogP contribution in [0.3, 0.4) is 0 Å². The molecule has 5 rings (SSSR count). The molecule has 2 aliphatic heterocycles. The maximum atomic E-state index is 14.0. The molecule has 2 heterocycles. The lowest BCUT2D eigenvalue weighted by molar-refractivity contribution is -0.122. The molecule has 2 atom stereocenters. The number of hydrogen-bond acceptors (Lipinski definition) is 4. The number of hydrazone groups is 2. The topological polar surface area (TPSA) is 65.3 Å². The van der Waals surface area contributed by atoms with Crippen LogP contribution in [-0.4, -0.2) is 23.2 Å². The lowest BCUT2D eigenvalue weighted by Gasteiger charge is -2.29. The molecule has 0 saturated heterocycles. The van der Waals surface area contributed by atoms with Crippen LogP contribution in [0, 0.1) is 18.8 Å². The van der Waals surface area contributed by atoms with Gasteiger partial charge in [-0.25, -0.2) is 10.0 Å². The fourth-order valence-corrected chi connectivity index (χ4v) is 5.21. The minimum absolute atomic E-state index is 0.106. The monoisotopic (exact) mass is 478 g/mol. The number of anilines is 2. The zero-order valence-corrected chi connectivity index (χ0v) is 20.8. The quantitative estimate of drug-likeness (QED) is 0.422. The molecule has 3 aromatic carbocycles. The predicted octanol–water partition coefficient (Wildman–Crippen LogP) is 5.94. The number of benzene rings is 3. The molecule has 0 spiro atoms. The van der Waals surface area contributed by atoms with Crippen molar-refractivity contribution in [2.24, 2.45) is 22.0 Å². The number of carbonyl (C=O) groups excluding carboxylic acids is 2. The molecule has 2 aliphatic rings. The first-order valence-electron chi connectivity index (χ1n) is 12.5. The molecule has 2 unspecified atom stereocenters. The van der Waals surface area contributed by atoms with Gasteiger partial charge in [-0.3, -0.25) is 9.59 Å². The molecule has 0 aromatic heterocycles. The summed E-state index contributed by atoms with van der Waals surface area (Å²) in [5.74, 6) is -1.74. The van der Waals surface area contributed by atoms with Gasteiger partial charge in [0.05, 0.1) is 34.6 Å². The highest BCUT2D eigenvalue weighted by Crippen LogP contribution is 2.43. The Morgan fingerprint density at radius 1 is 0.667 bits per heavy atom. The number of aryl methyl sites for hydroxylation is 1. The van der Waals surface area contributed by atoms with Crippen LogP contribution in [0.4, 0.5) is 11.4 Å². The second kappa shape index (κ2) is 9.90. The van der Waals surface area contributed by atoms with Crippen LogP contribution in [0.1, 0.15) is 43.7 Å². The standard InChI is InChI=1S/C30H30N4O2/c1-4-24-27(29(35)33(31-24)22-12-8-6-9-13-22)26(21-18-16-20(3)17-19-21)28-25(5-2)32-34(30(28)36)23-14-10-7-11-15-23/h6-19,26-28H,4-5H2,1-3H3. The number of hydrogen-bond donors (Lipinski definition) is 0. The van der Waals surface area contributed by atoms with Crippen molar-refractivity contribution < 1.29 is 9.59 Å². The van der Waals surface area contributed by atoms with Crippen molar-refractivity contribution in [3.63, 3.8) is 0 Å². The summed E-state index contributed by atoms with van der Waals surface area (Å²) in [4.78, 5) is 28.0. The highest BCUT2D eigenvalue weighted by molar-refractivity contribution is 6.20. The number of para-hydroxylation sites is 2. The third-order valence-electron chi connectivity index (χ3n) is 7.03. The van der Waals surface area contributed by atoms with Gasteiger partial charge in [0.25, 0.3) is 11.8 Å². The SMILES string of the molecule is CCC1=NN(c2ccccc2)C(=O)C1C(c1ccc(C)cc1)C1C(=O)N(c2ccccc2)N=C1CC. The second-order valence-electron chi connectivity index (χ2n) is 9.25. The van der Waals surface area contributed by atoms with E-state index in [1.807, 2.05) is 106 Å². The van der Waals surface area contributed by atoms with Crippen molar-refractivity contribution in [3.05, 3.63) is 96.1 Å². The normalized spacial score (nSPS) is 20.5. The maximum absolute atomic E-state index is 14.0. The van der Waals surface area contributed by atoms with E-state index in [1.165, 1.54) is 10.0 Å². The van der Waals surface area contributed by atoms with Crippen molar-refractivity contribution >= 4 is 34.6 Å². The van der Waals surface area contributed by atoms with Gasteiger partial charge in [-0.05, 0) is 49.6 Å². The van der Waals surface area contributed by atoms with E-state index < -0.39 is 17.8 Å². The third-order valence-corrected chi connectivity index (χ3v) is 7.03. The number of carbonyl (C=O) groups is 2. The first-order chi connectivity index (χ1) is 17.5. The van der Waals surface area contributed by atoms with Gasteiger partial charge in [0.1, 0.15) is 0 Å². The number of amides is 2. The summed E-state index contributed by atoms with van der Waals surface area (Å²) in [6.07, 6.45) is 1.23. The van der Waals surface area contributed by atoms with E-state index in [2.05, 4.69) is 0 Å². The van der Waals surface area contributed by atoms with Crippen LogP contribution in [0.2, 0.25) is 0 Å². The molecular weight excluding hydrogens is 448 g/mol. The molecule has 2 amide bonds. The van der Waals surface area contributed by atoms with Gasteiger partial charge in [0.2, 0.25) is 0 Å². The molecular formula is C30H30N4O2. The van der Waals surface area contributed by atoms with Crippen LogP contribution >= 0.6 is 0 Å². The molecule has 0 bridgehead atoms. The zero-order valence-electron chi connectivity index (χ0n) is 20.8. The Balaban J connectivity index is 1.61. The Bertz CT molecular complexity index is 1230. The molecule has 0 aliphatic carbocycles. The fourth-order valence-electron chi connectivity index (χ4n) is 5.21. The molecule has 6 heteroatoms. The highest BCUT2D eigenvalue weighted by atomic mass is 16.2. The number of nitrogens with zero attached hydrogens (tertiary/aromatic N) is 4. The Morgan fingerprint density at radius 2 is 1.08 bits per heavy atom. The molecule has 36 heavy (non-hydrogen) atoms. The second-order valence-corrected chi connectivity index (χ2v) is 9.25. The molecule has 0 radical (unpaired) electrons. The average molecular weight is 479 g/mol. The lowest BCUT2D eigenvalue weighted by Crippen LogP contribution is -2.40. The van der Waals surface area contributed by atoms with Crippen LogP contribution in [0.5, 0.6) is 0 Å². The van der Waals surface area contributed by atoms with Gasteiger partial charge in [-0.1, -0.05) is 80.1 Å². The van der Waals surface area contributed by atoms with E-state index >= 15 is 0 Å². The van der Waals surface area contributed by atoms with E-state index in [9.17, 15) is 9.59 Å². The predicted molar refractivity (Wildman–Crippen MR) is 144 cm³/mol. The van der Waals surface area contributed by atoms with Crippen LogP contribution in [0.25, 0.3) is 0 Å². The van der Waals surface area contributed by atoms with E-state index in [4.69, 9.17) is 10.2 Å². The first kappa shape index (κ1) is 23.7. The molecule has 0 N–H and O–H groups in total. The van der Waals surface area contributed by atoms with Gasteiger partial charge >= 0.3 is 0 Å². The Hall–Kier alpha value is -4.06. The molecule has 6 nitrogen and oxygen atoms in total. The lowest BCUT2D eigenvalue weighted by atomic mass is 9.71. The van der Waals surface area contributed by atoms with Gasteiger partial charge in [-0.2, -0.15) is 10.2 Å². The minimum Gasteiger partial charge on any atom is -0.272 e.